The Balaban J connectivity index is 2.15. The zero-order valence-electron chi connectivity index (χ0n) is 12.6. The Kier molecular flexibility index (Phi) is 4.91. The van der Waals surface area contributed by atoms with Gasteiger partial charge in [-0.15, -0.1) is 0 Å². The van der Waals surface area contributed by atoms with E-state index >= 15 is 0 Å². The largest absolute Gasteiger partial charge is 0.394 e. The third-order valence-electron chi connectivity index (χ3n) is 4.24. The highest BCUT2D eigenvalue weighted by Crippen LogP contribution is 2.34. The number of hydrogen-bond donors (Lipinski definition) is 3. The van der Waals surface area contributed by atoms with Crippen LogP contribution in [0.5, 0.6) is 0 Å². The Labute approximate surface area is 126 Å². The summed E-state index contributed by atoms with van der Waals surface area (Å²) in [6.07, 6.45) is 4.16. The minimum atomic E-state index is -3.40. The summed E-state index contributed by atoms with van der Waals surface area (Å²) >= 11 is 0. The molecule has 0 aliphatic heterocycles. The molecule has 1 aliphatic carbocycles. The molecule has 2 unspecified atom stereocenters. The highest BCUT2D eigenvalue weighted by molar-refractivity contribution is 7.89. The number of nitrogens with one attached hydrogen (secondary N) is 2. The van der Waals surface area contributed by atoms with Crippen LogP contribution >= 0.6 is 0 Å². The van der Waals surface area contributed by atoms with Crippen LogP contribution in [0.4, 0.5) is 5.69 Å². The number of benzene rings is 1. The molecule has 0 saturated heterocycles. The molecular weight excluding hydrogens is 288 g/mol. The number of rotatable bonds is 5. The zero-order valence-corrected chi connectivity index (χ0v) is 13.4. The lowest BCUT2D eigenvalue weighted by molar-refractivity contribution is 0.149. The van der Waals surface area contributed by atoms with Crippen molar-refractivity contribution in [1.29, 1.82) is 0 Å². The Bertz CT molecular complexity index is 571. The van der Waals surface area contributed by atoms with Gasteiger partial charge in [-0.05, 0) is 50.1 Å². The SMILES string of the molecule is CNS(=O)(=O)c1ccc(NC2(CO)CCCC(C)C2)cc1. The van der Waals surface area contributed by atoms with E-state index in [2.05, 4.69) is 17.0 Å². The van der Waals surface area contributed by atoms with Crippen LogP contribution in [0.15, 0.2) is 29.2 Å². The van der Waals surface area contributed by atoms with E-state index in [4.69, 9.17) is 0 Å². The highest BCUT2D eigenvalue weighted by Gasteiger charge is 2.34. The standard InChI is InChI=1S/C15H24N2O3S/c1-12-4-3-9-15(10-12,11-18)17-13-5-7-14(8-6-13)21(19,20)16-2/h5-8,12,16-18H,3-4,9-11H2,1-2H3. The van der Waals surface area contributed by atoms with Gasteiger partial charge in [0.15, 0.2) is 0 Å². The molecule has 1 saturated carbocycles. The highest BCUT2D eigenvalue weighted by atomic mass is 32.2. The van der Waals surface area contributed by atoms with Crippen LogP contribution in [0.1, 0.15) is 32.6 Å². The van der Waals surface area contributed by atoms with Crippen molar-refractivity contribution in [1.82, 2.24) is 4.72 Å². The number of hydrogen-bond acceptors (Lipinski definition) is 4. The molecule has 1 aromatic rings. The first-order valence-electron chi connectivity index (χ1n) is 7.33. The Hall–Kier alpha value is -1.11. The summed E-state index contributed by atoms with van der Waals surface area (Å²) in [7, 11) is -2.01. The van der Waals surface area contributed by atoms with Crippen LogP contribution in [0.2, 0.25) is 0 Å². The van der Waals surface area contributed by atoms with Gasteiger partial charge in [-0.1, -0.05) is 19.8 Å². The molecular formula is C15H24N2O3S. The quantitative estimate of drug-likeness (QED) is 0.776. The second kappa shape index (κ2) is 6.34. The van der Waals surface area contributed by atoms with Gasteiger partial charge in [-0.2, -0.15) is 0 Å². The van der Waals surface area contributed by atoms with Gasteiger partial charge in [0.1, 0.15) is 0 Å². The van der Waals surface area contributed by atoms with Gasteiger partial charge in [0.05, 0.1) is 17.0 Å². The number of aliphatic hydroxyl groups excluding tert-OH is 1. The third-order valence-corrected chi connectivity index (χ3v) is 5.67. The summed E-state index contributed by atoms with van der Waals surface area (Å²) in [4.78, 5) is 0.241. The van der Waals surface area contributed by atoms with Gasteiger partial charge in [0.25, 0.3) is 0 Å². The average molecular weight is 312 g/mol. The van der Waals surface area contributed by atoms with Crippen LogP contribution in [-0.4, -0.2) is 32.7 Å². The van der Waals surface area contributed by atoms with Crippen molar-refractivity contribution in [2.45, 2.75) is 43.0 Å². The van der Waals surface area contributed by atoms with Crippen LogP contribution in [0.25, 0.3) is 0 Å². The first-order valence-corrected chi connectivity index (χ1v) is 8.82. The molecule has 1 fully saturated rings. The molecule has 21 heavy (non-hydrogen) atoms. The predicted molar refractivity (Wildman–Crippen MR) is 83.8 cm³/mol. The molecule has 0 radical (unpaired) electrons. The van der Waals surface area contributed by atoms with E-state index in [1.54, 1.807) is 24.3 Å². The van der Waals surface area contributed by atoms with Gasteiger partial charge in [0.2, 0.25) is 10.0 Å². The fourth-order valence-electron chi connectivity index (χ4n) is 3.10. The van der Waals surface area contributed by atoms with Crippen molar-refractivity contribution in [3.63, 3.8) is 0 Å². The van der Waals surface area contributed by atoms with Crippen LogP contribution in [0.3, 0.4) is 0 Å². The molecule has 2 rings (SSSR count). The summed E-state index contributed by atoms with van der Waals surface area (Å²) < 4.78 is 25.7. The molecule has 1 aromatic carbocycles. The van der Waals surface area contributed by atoms with Crippen molar-refractivity contribution < 1.29 is 13.5 Å². The predicted octanol–water partition coefficient (Wildman–Crippen LogP) is 1.95. The molecule has 2 atom stereocenters. The lowest BCUT2D eigenvalue weighted by Crippen LogP contribution is -2.45. The van der Waals surface area contributed by atoms with Gasteiger partial charge in [-0.3, -0.25) is 0 Å². The topological polar surface area (TPSA) is 78.4 Å². The maximum Gasteiger partial charge on any atom is 0.240 e. The Morgan fingerprint density at radius 3 is 2.52 bits per heavy atom. The monoisotopic (exact) mass is 312 g/mol. The number of sulfonamides is 1. The van der Waals surface area contributed by atoms with E-state index in [1.807, 2.05) is 0 Å². The van der Waals surface area contributed by atoms with Gasteiger partial charge >= 0.3 is 0 Å². The molecule has 0 spiro atoms. The fourth-order valence-corrected chi connectivity index (χ4v) is 3.83. The van der Waals surface area contributed by atoms with E-state index in [0.717, 1.165) is 24.9 Å². The van der Waals surface area contributed by atoms with Crippen LogP contribution in [-0.2, 0) is 10.0 Å². The van der Waals surface area contributed by atoms with Gasteiger partial charge in [-0.25, -0.2) is 13.1 Å². The molecule has 118 valence electrons. The first-order chi connectivity index (χ1) is 9.91. The van der Waals surface area contributed by atoms with E-state index in [-0.39, 0.29) is 17.0 Å². The molecule has 3 N–H and O–H groups in total. The average Bonchev–Trinajstić information content (AvgIpc) is 2.48. The van der Waals surface area contributed by atoms with Crippen molar-refractivity contribution >= 4 is 15.7 Å². The van der Waals surface area contributed by atoms with Crippen LogP contribution in [0, 0.1) is 5.92 Å². The second-order valence-corrected chi connectivity index (χ2v) is 7.88. The third kappa shape index (κ3) is 3.75. The molecule has 0 bridgehead atoms. The van der Waals surface area contributed by atoms with Crippen molar-refractivity contribution in [2.75, 3.05) is 19.0 Å². The van der Waals surface area contributed by atoms with Crippen LogP contribution < -0.4 is 10.0 Å². The smallest absolute Gasteiger partial charge is 0.240 e. The van der Waals surface area contributed by atoms with E-state index < -0.39 is 10.0 Å². The molecule has 5 nitrogen and oxygen atoms in total. The number of aliphatic hydroxyl groups is 1. The van der Waals surface area contributed by atoms with Gasteiger partial charge in [0, 0.05) is 5.69 Å². The Morgan fingerprint density at radius 1 is 1.33 bits per heavy atom. The summed E-state index contributed by atoms with van der Waals surface area (Å²) in [5.74, 6) is 0.586. The number of anilines is 1. The molecule has 0 heterocycles. The van der Waals surface area contributed by atoms with E-state index in [1.165, 1.54) is 13.5 Å². The van der Waals surface area contributed by atoms with Gasteiger partial charge < -0.3 is 10.4 Å². The maximum absolute atomic E-state index is 11.7. The molecule has 6 heteroatoms. The molecule has 0 amide bonds. The van der Waals surface area contributed by atoms with Crippen molar-refractivity contribution in [3.05, 3.63) is 24.3 Å². The normalized spacial score (nSPS) is 26.5. The molecule has 1 aliphatic rings. The minimum absolute atomic E-state index is 0.0912. The lowest BCUT2D eigenvalue weighted by atomic mass is 9.76. The second-order valence-electron chi connectivity index (χ2n) is 6.00. The lowest BCUT2D eigenvalue weighted by Gasteiger charge is -2.40. The molecule has 0 aromatic heterocycles. The minimum Gasteiger partial charge on any atom is -0.394 e. The van der Waals surface area contributed by atoms with Crippen molar-refractivity contribution in [2.24, 2.45) is 5.92 Å². The van der Waals surface area contributed by atoms with E-state index in [9.17, 15) is 13.5 Å². The maximum atomic E-state index is 11.7. The van der Waals surface area contributed by atoms with Crippen molar-refractivity contribution in [3.8, 4) is 0 Å². The summed E-state index contributed by atoms with van der Waals surface area (Å²) in [6, 6.07) is 6.65. The Morgan fingerprint density at radius 2 is 2.00 bits per heavy atom. The zero-order chi connectivity index (χ0) is 15.5. The van der Waals surface area contributed by atoms with E-state index in [0.29, 0.717) is 5.92 Å². The first kappa shape index (κ1) is 16.3. The summed E-state index contributed by atoms with van der Waals surface area (Å²) in [5, 5.41) is 13.2. The fraction of sp³-hybridized carbons (Fsp3) is 0.600. The summed E-state index contributed by atoms with van der Waals surface area (Å²) in [6.45, 7) is 2.29. The summed E-state index contributed by atoms with van der Waals surface area (Å²) in [5.41, 5.74) is 0.550.